The number of carbonyl (C=O) groups excluding carboxylic acids is 2. The number of carbonyl (C=O) groups is 2. The maximum atomic E-state index is 11.2. The van der Waals surface area contributed by atoms with E-state index in [2.05, 4.69) is 0 Å². The molecule has 0 aromatic heterocycles. The molecule has 0 aliphatic heterocycles. The Bertz CT molecular complexity index is 376. The van der Waals surface area contributed by atoms with Crippen molar-refractivity contribution in [3.63, 3.8) is 0 Å². The first-order valence-electron chi connectivity index (χ1n) is 5.15. The Morgan fingerprint density at radius 3 is 2.29 bits per heavy atom. The third-order valence-electron chi connectivity index (χ3n) is 2.12. The van der Waals surface area contributed by atoms with E-state index < -0.39 is 0 Å². The molecule has 1 rings (SSSR count). The summed E-state index contributed by atoms with van der Waals surface area (Å²) in [7, 11) is 0. The average Bonchev–Trinajstić information content (AvgIpc) is 2.29. The monoisotopic (exact) mass is 257 g/mol. The van der Waals surface area contributed by atoms with Crippen molar-refractivity contribution < 1.29 is 14.3 Å². The number of esters is 1. The molecule has 0 spiro atoms. The normalized spacial score (nSPS) is 9.29. The van der Waals surface area contributed by atoms with E-state index in [0.717, 1.165) is 5.56 Å². The number of rotatable bonds is 5. The van der Waals surface area contributed by atoms with E-state index in [1.807, 2.05) is 0 Å². The second-order valence-corrected chi connectivity index (χ2v) is 3.31. The maximum absolute atomic E-state index is 11.2. The van der Waals surface area contributed by atoms with Gasteiger partial charge in [-0.3, -0.25) is 9.59 Å². The van der Waals surface area contributed by atoms with Crippen molar-refractivity contribution in [3.05, 3.63) is 35.4 Å². The number of ether oxygens (including phenoxy) is 1. The lowest BCUT2D eigenvalue weighted by Crippen LogP contribution is -2.13. The first-order valence-corrected chi connectivity index (χ1v) is 5.15. The fourth-order valence-electron chi connectivity index (χ4n) is 1.31. The Labute approximate surface area is 107 Å². The Kier molecular flexibility index (Phi) is 7.18. The van der Waals surface area contributed by atoms with Crippen molar-refractivity contribution in [1.29, 1.82) is 0 Å². The van der Waals surface area contributed by atoms with E-state index in [9.17, 15) is 9.59 Å². The van der Waals surface area contributed by atoms with Crippen LogP contribution >= 0.6 is 12.4 Å². The molecule has 0 unspecified atom stereocenters. The summed E-state index contributed by atoms with van der Waals surface area (Å²) in [6, 6.07) is 6.81. The van der Waals surface area contributed by atoms with E-state index in [1.165, 1.54) is 0 Å². The molecule has 2 N–H and O–H groups in total. The third-order valence-corrected chi connectivity index (χ3v) is 2.12. The minimum atomic E-state index is -0.264. The van der Waals surface area contributed by atoms with E-state index in [4.69, 9.17) is 10.5 Å². The van der Waals surface area contributed by atoms with Gasteiger partial charge in [0, 0.05) is 5.56 Å². The summed E-state index contributed by atoms with van der Waals surface area (Å²) in [5.74, 6) is -0.372. The zero-order valence-electron chi connectivity index (χ0n) is 9.64. The molecule has 94 valence electrons. The molecule has 0 heterocycles. The average molecular weight is 258 g/mol. The predicted molar refractivity (Wildman–Crippen MR) is 67.4 cm³/mol. The maximum Gasteiger partial charge on any atom is 0.310 e. The van der Waals surface area contributed by atoms with E-state index in [0.29, 0.717) is 12.2 Å². The van der Waals surface area contributed by atoms with Gasteiger partial charge < -0.3 is 10.5 Å². The number of nitrogens with two attached hydrogens (primary N) is 1. The SMILES string of the molecule is CCOC(=O)Cc1ccc(C(=O)CN)cc1.Cl. The Hall–Kier alpha value is -1.39. The van der Waals surface area contributed by atoms with Crippen LogP contribution in [0.3, 0.4) is 0 Å². The molecule has 0 aliphatic carbocycles. The van der Waals surface area contributed by atoms with Crippen molar-refractivity contribution in [3.8, 4) is 0 Å². The number of hydrogen-bond acceptors (Lipinski definition) is 4. The van der Waals surface area contributed by atoms with E-state index in [-0.39, 0.29) is 37.1 Å². The molecule has 0 amide bonds. The second-order valence-electron chi connectivity index (χ2n) is 3.31. The van der Waals surface area contributed by atoms with Crippen molar-refractivity contribution in [2.45, 2.75) is 13.3 Å². The molecular weight excluding hydrogens is 242 g/mol. The lowest BCUT2D eigenvalue weighted by molar-refractivity contribution is -0.142. The molecule has 0 saturated carbocycles. The van der Waals surface area contributed by atoms with Crippen LogP contribution in [0.4, 0.5) is 0 Å². The molecule has 0 radical (unpaired) electrons. The summed E-state index contributed by atoms with van der Waals surface area (Å²) in [6.45, 7) is 2.14. The van der Waals surface area contributed by atoms with Gasteiger partial charge >= 0.3 is 5.97 Å². The topological polar surface area (TPSA) is 69.4 Å². The van der Waals surface area contributed by atoms with E-state index in [1.54, 1.807) is 31.2 Å². The number of ketones is 1. The Morgan fingerprint density at radius 1 is 1.24 bits per heavy atom. The van der Waals surface area contributed by atoms with Gasteiger partial charge in [-0.05, 0) is 12.5 Å². The minimum Gasteiger partial charge on any atom is -0.466 e. The summed E-state index contributed by atoms with van der Waals surface area (Å²) < 4.78 is 4.82. The van der Waals surface area contributed by atoms with Crippen LogP contribution in [0.5, 0.6) is 0 Å². The van der Waals surface area contributed by atoms with Gasteiger partial charge in [-0.2, -0.15) is 0 Å². The fraction of sp³-hybridized carbons (Fsp3) is 0.333. The highest BCUT2D eigenvalue weighted by molar-refractivity contribution is 5.97. The van der Waals surface area contributed by atoms with Crippen LogP contribution < -0.4 is 5.73 Å². The number of Topliss-reactive ketones (excluding diaryl/α,β-unsaturated/α-hetero) is 1. The molecule has 0 fully saturated rings. The van der Waals surface area contributed by atoms with Crippen molar-refractivity contribution in [1.82, 2.24) is 0 Å². The van der Waals surface area contributed by atoms with Gasteiger partial charge in [0.1, 0.15) is 0 Å². The van der Waals surface area contributed by atoms with Crippen LogP contribution in [0.25, 0.3) is 0 Å². The van der Waals surface area contributed by atoms with Crippen LogP contribution in [0.2, 0.25) is 0 Å². The molecule has 1 aromatic rings. The van der Waals surface area contributed by atoms with Crippen LogP contribution in [0.15, 0.2) is 24.3 Å². The van der Waals surface area contributed by atoms with Gasteiger partial charge in [0.15, 0.2) is 5.78 Å². The van der Waals surface area contributed by atoms with Gasteiger partial charge in [-0.15, -0.1) is 12.4 Å². The van der Waals surface area contributed by atoms with Gasteiger partial charge in [-0.25, -0.2) is 0 Å². The molecule has 4 nitrogen and oxygen atoms in total. The molecule has 5 heteroatoms. The van der Waals surface area contributed by atoms with Crippen LogP contribution in [-0.4, -0.2) is 24.9 Å². The summed E-state index contributed by atoms with van der Waals surface area (Å²) in [4.78, 5) is 22.4. The zero-order chi connectivity index (χ0) is 12.0. The summed E-state index contributed by atoms with van der Waals surface area (Å²) in [5, 5.41) is 0. The number of halogens is 1. The Balaban J connectivity index is 0.00000256. The first kappa shape index (κ1) is 15.6. The highest BCUT2D eigenvalue weighted by Crippen LogP contribution is 2.06. The lowest BCUT2D eigenvalue weighted by Gasteiger charge is -2.03. The smallest absolute Gasteiger partial charge is 0.310 e. The van der Waals surface area contributed by atoms with Gasteiger partial charge in [0.25, 0.3) is 0 Å². The first-order chi connectivity index (χ1) is 7.67. The quantitative estimate of drug-likeness (QED) is 0.639. The third kappa shape index (κ3) is 4.97. The summed E-state index contributed by atoms with van der Waals surface area (Å²) >= 11 is 0. The second kappa shape index (κ2) is 7.81. The number of hydrogen-bond donors (Lipinski definition) is 1. The molecule has 1 aromatic carbocycles. The van der Waals surface area contributed by atoms with Gasteiger partial charge in [-0.1, -0.05) is 24.3 Å². The molecule has 0 atom stereocenters. The van der Waals surface area contributed by atoms with Gasteiger partial charge in [0.05, 0.1) is 19.6 Å². The molecular formula is C12H16ClNO3. The van der Waals surface area contributed by atoms with Crippen molar-refractivity contribution >= 4 is 24.2 Å². The summed E-state index contributed by atoms with van der Waals surface area (Å²) in [5.41, 5.74) is 6.63. The highest BCUT2D eigenvalue weighted by atomic mass is 35.5. The largest absolute Gasteiger partial charge is 0.466 e. The van der Waals surface area contributed by atoms with Crippen LogP contribution in [-0.2, 0) is 16.0 Å². The van der Waals surface area contributed by atoms with Crippen LogP contribution in [0.1, 0.15) is 22.8 Å². The number of benzene rings is 1. The van der Waals surface area contributed by atoms with Crippen molar-refractivity contribution in [2.24, 2.45) is 5.73 Å². The molecule has 17 heavy (non-hydrogen) atoms. The minimum absolute atomic E-state index is 0. The standard InChI is InChI=1S/C12H15NO3.ClH/c1-2-16-12(15)7-9-3-5-10(6-4-9)11(14)8-13;/h3-6H,2,7-8,13H2,1H3;1H. The lowest BCUT2D eigenvalue weighted by atomic mass is 10.1. The Morgan fingerprint density at radius 2 is 1.82 bits per heavy atom. The summed E-state index contributed by atoms with van der Waals surface area (Å²) in [6.07, 6.45) is 0.227. The highest BCUT2D eigenvalue weighted by Gasteiger charge is 2.06. The zero-order valence-corrected chi connectivity index (χ0v) is 10.5. The predicted octanol–water partition coefficient (Wildman–Crippen LogP) is 1.36. The molecule has 0 bridgehead atoms. The van der Waals surface area contributed by atoms with E-state index >= 15 is 0 Å². The van der Waals surface area contributed by atoms with Crippen LogP contribution in [0, 0.1) is 0 Å². The molecule has 0 saturated heterocycles. The van der Waals surface area contributed by atoms with Gasteiger partial charge in [0.2, 0.25) is 0 Å². The van der Waals surface area contributed by atoms with Crippen molar-refractivity contribution in [2.75, 3.05) is 13.2 Å². The molecule has 0 aliphatic rings. The fourth-order valence-corrected chi connectivity index (χ4v) is 1.31.